The Kier molecular flexibility index (Phi) is 6.75. The van der Waals surface area contributed by atoms with Crippen molar-refractivity contribution in [2.24, 2.45) is 0 Å². The minimum atomic E-state index is -0.986. The van der Waals surface area contributed by atoms with Crippen LogP contribution in [0.3, 0.4) is 0 Å². The fourth-order valence-electron chi connectivity index (χ4n) is 2.51. The first-order valence-corrected chi connectivity index (χ1v) is 8.44. The fourth-order valence-corrected chi connectivity index (χ4v) is 2.51. The summed E-state index contributed by atoms with van der Waals surface area (Å²) in [5, 5.41) is 13.2. The molecule has 9 heteroatoms. The van der Waals surface area contributed by atoms with Crippen molar-refractivity contribution in [2.45, 2.75) is 19.4 Å². The van der Waals surface area contributed by atoms with E-state index in [2.05, 4.69) is 5.32 Å². The molecule has 0 spiro atoms. The van der Waals surface area contributed by atoms with Gasteiger partial charge >= 0.3 is 0 Å². The number of hydrogen-bond donors (Lipinski definition) is 1. The highest BCUT2D eigenvalue weighted by atomic mass is 19.2. The Morgan fingerprint density at radius 1 is 1.14 bits per heavy atom. The Balaban J connectivity index is 1.87. The van der Waals surface area contributed by atoms with Crippen LogP contribution >= 0.6 is 0 Å². The second-order valence-electron chi connectivity index (χ2n) is 6.16. The summed E-state index contributed by atoms with van der Waals surface area (Å²) in [5.41, 5.74) is 0.561. The molecule has 0 aliphatic heterocycles. The maximum atomic E-state index is 13.4. The minimum absolute atomic E-state index is 0.00321. The Morgan fingerprint density at radius 2 is 1.79 bits per heavy atom. The molecule has 0 radical (unpaired) electrons. The molecule has 0 aromatic heterocycles. The lowest BCUT2D eigenvalue weighted by Gasteiger charge is -2.25. The van der Waals surface area contributed by atoms with E-state index in [-0.39, 0.29) is 30.1 Å². The van der Waals surface area contributed by atoms with Crippen LogP contribution in [0, 0.1) is 21.7 Å². The first kappa shape index (κ1) is 20.9. The van der Waals surface area contributed by atoms with E-state index in [0.717, 1.165) is 12.1 Å². The van der Waals surface area contributed by atoms with Crippen LogP contribution in [-0.4, -0.2) is 35.2 Å². The number of amides is 2. The number of hydrogen-bond acceptors (Lipinski definition) is 4. The number of halogens is 2. The molecule has 2 amide bonds. The molecule has 0 fully saturated rings. The number of benzene rings is 2. The standard InChI is InChI=1S/C19H19F2N3O4/c1-12(14-5-8-16(20)17(21)11-14)23(2)18(25)9-10-22-19(26)13-3-6-15(7-4-13)24(27)28/h3-8,11-12H,9-10H2,1-2H3,(H,22,26). The van der Waals surface area contributed by atoms with E-state index in [4.69, 9.17) is 0 Å². The first-order chi connectivity index (χ1) is 13.2. The molecular formula is C19H19F2N3O4. The highest BCUT2D eigenvalue weighted by Crippen LogP contribution is 2.21. The van der Waals surface area contributed by atoms with Gasteiger partial charge in [0, 0.05) is 37.7 Å². The maximum absolute atomic E-state index is 13.4. The molecule has 7 nitrogen and oxygen atoms in total. The zero-order valence-corrected chi connectivity index (χ0v) is 15.3. The van der Waals surface area contributed by atoms with Gasteiger partial charge in [-0.1, -0.05) is 6.07 Å². The topological polar surface area (TPSA) is 92.6 Å². The summed E-state index contributed by atoms with van der Waals surface area (Å²) in [6.45, 7) is 1.74. The van der Waals surface area contributed by atoms with Crippen molar-refractivity contribution < 1.29 is 23.3 Å². The average molecular weight is 391 g/mol. The third-order valence-corrected chi connectivity index (χ3v) is 4.37. The summed E-state index contributed by atoms with van der Waals surface area (Å²) in [4.78, 5) is 35.7. The van der Waals surface area contributed by atoms with Gasteiger partial charge in [-0.3, -0.25) is 19.7 Å². The number of carbonyl (C=O) groups is 2. The van der Waals surface area contributed by atoms with Crippen molar-refractivity contribution >= 4 is 17.5 Å². The molecule has 0 aliphatic carbocycles. The van der Waals surface area contributed by atoms with Gasteiger partial charge in [-0.2, -0.15) is 0 Å². The van der Waals surface area contributed by atoms with Gasteiger partial charge in [0.2, 0.25) is 5.91 Å². The lowest BCUT2D eigenvalue weighted by Crippen LogP contribution is -2.33. The summed E-state index contributed by atoms with van der Waals surface area (Å²) in [6, 6.07) is 8.06. The van der Waals surface area contributed by atoms with Crippen molar-refractivity contribution in [3.05, 3.63) is 75.3 Å². The monoisotopic (exact) mass is 391 g/mol. The van der Waals surface area contributed by atoms with Gasteiger partial charge in [0.05, 0.1) is 11.0 Å². The normalized spacial score (nSPS) is 11.6. The maximum Gasteiger partial charge on any atom is 0.269 e. The van der Waals surface area contributed by atoms with E-state index in [1.165, 1.54) is 42.3 Å². The predicted molar refractivity (Wildman–Crippen MR) is 97.6 cm³/mol. The van der Waals surface area contributed by atoms with Crippen LogP contribution in [0.15, 0.2) is 42.5 Å². The summed E-state index contributed by atoms with van der Waals surface area (Å²) in [6.07, 6.45) is 0.00321. The highest BCUT2D eigenvalue weighted by Gasteiger charge is 2.19. The van der Waals surface area contributed by atoms with Crippen molar-refractivity contribution in [1.29, 1.82) is 0 Å². The number of nitrogens with one attached hydrogen (secondary N) is 1. The van der Waals surface area contributed by atoms with Crippen LogP contribution in [0.2, 0.25) is 0 Å². The number of nitro groups is 1. The quantitative estimate of drug-likeness (QED) is 0.579. The van der Waals surface area contributed by atoms with Gasteiger partial charge in [-0.25, -0.2) is 8.78 Å². The lowest BCUT2D eigenvalue weighted by atomic mass is 10.1. The SMILES string of the molecule is CC(c1ccc(F)c(F)c1)N(C)C(=O)CCNC(=O)c1ccc([N+](=O)[O-])cc1. The molecule has 0 bridgehead atoms. The van der Waals surface area contributed by atoms with Gasteiger partial charge in [-0.15, -0.1) is 0 Å². The summed E-state index contributed by atoms with van der Waals surface area (Å²) in [5.74, 6) is -2.69. The van der Waals surface area contributed by atoms with E-state index in [9.17, 15) is 28.5 Å². The molecule has 0 aliphatic rings. The molecular weight excluding hydrogens is 372 g/mol. The average Bonchev–Trinajstić information content (AvgIpc) is 2.68. The Labute approximate surface area is 160 Å². The zero-order chi connectivity index (χ0) is 20.8. The van der Waals surface area contributed by atoms with Crippen molar-refractivity contribution in [1.82, 2.24) is 10.2 Å². The summed E-state index contributed by atoms with van der Waals surface area (Å²) >= 11 is 0. The summed E-state index contributed by atoms with van der Waals surface area (Å²) in [7, 11) is 1.53. The predicted octanol–water partition coefficient (Wildman–Crippen LogP) is 3.21. The third kappa shape index (κ3) is 5.09. The summed E-state index contributed by atoms with van der Waals surface area (Å²) < 4.78 is 26.4. The smallest absolute Gasteiger partial charge is 0.269 e. The number of non-ortho nitro benzene ring substituents is 1. The van der Waals surface area contributed by atoms with Crippen LogP contribution in [0.1, 0.15) is 35.3 Å². The zero-order valence-electron chi connectivity index (χ0n) is 15.3. The fraction of sp³-hybridized carbons (Fsp3) is 0.263. The van der Waals surface area contributed by atoms with Gasteiger partial charge < -0.3 is 10.2 Å². The molecule has 148 valence electrons. The third-order valence-electron chi connectivity index (χ3n) is 4.37. The van der Waals surface area contributed by atoms with E-state index in [1.54, 1.807) is 6.92 Å². The molecule has 1 N–H and O–H groups in total. The van der Waals surface area contributed by atoms with Crippen LogP contribution in [0.4, 0.5) is 14.5 Å². The van der Waals surface area contributed by atoms with Gasteiger partial charge in [0.1, 0.15) is 0 Å². The van der Waals surface area contributed by atoms with E-state index in [1.807, 2.05) is 0 Å². The number of carbonyl (C=O) groups excluding carboxylic acids is 2. The molecule has 2 aromatic rings. The molecule has 28 heavy (non-hydrogen) atoms. The molecule has 0 saturated heterocycles. The second kappa shape index (κ2) is 9.03. The lowest BCUT2D eigenvalue weighted by molar-refractivity contribution is -0.384. The van der Waals surface area contributed by atoms with E-state index in [0.29, 0.717) is 5.56 Å². The van der Waals surface area contributed by atoms with E-state index >= 15 is 0 Å². The molecule has 0 saturated carbocycles. The highest BCUT2D eigenvalue weighted by molar-refractivity contribution is 5.94. The van der Waals surface area contributed by atoms with Crippen molar-refractivity contribution in [3.8, 4) is 0 Å². The van der Waals surface area contributed by atoms with Gasteiger partial charge in [0.15, 0.2) is 11.6 Å². The van der Waals surface area contributed by atoms with E-state index < -0.39 is 28.5 Å². The van der Waals surface area contributed by atoms with Crippen molar-refractivity contribution in [2.75, 3.05) is 13.6 Å². The Morgan fingerprint density at radius 3 is 2.36 bits per heavy atom. The number of nitro benzene ring substituents is 1. The van der Waals surface area contributed by atoms with Crippen LogP contribution in [0.5, 0.6) is 0 Å². The molecule has 1 atom stereocenters. The number of nitrogens with zero attached hydrogens (tertiary/aromatic N) is 2. The minimum Gasteiger partial charge on any atom is -0.352 e. The Bertz CT molecular complexity index is 887. The number of rotatable bonds is 7. The van der Waals surface area contributed by atoms with Crippen molar-refractivity contribution in [3.63, 3.8) is 0 Å². The molecule has 2 rings (SSSR count). The Hall–Kier alpha value is -3.36. The van der Waals surface area contributed by atoms with Gasteiger partial charge in [0.25, 0.3) is 11.6 Å². The van der Waals surface area contributed by atoms with Gasteiger partial charge in [-0.05, 0) is 36.8 Å². The second-order valence-corrected chi connectivity index (χ2v) is 6.16. The molecule has 1 unspecified atom stereocenters. The first-order valence-electron chi connectivity index (χ1n) is 8.44. The van der Waals surface area contributed by atoms with Crippen LogP contribution in [0.25, 0.3) is 0 Å². The van der Waals surface area contributed by atoms with Crippen LogP contribution in [-0.2, 0) is 4.79 Å². The molecule has 2 aromatic carbocycles. The van der Waals surface area contributed by atoms with Crippen LogP contribution < -0.4 is 5.32 Å². The largest absolute Gasteiger partial charge is 0.352 e. The molecule has 0 heterocycles.